The Bertz CT molecular complexity index is 771. The van der Waals surface area contributed by atoms with Crippen LogP contribution in [-0.4, -0.2) is 30.8 Å². The van der Waals surface area contributed by atoms with E-state index in [9.17, 15) is 13.2 Å². The molecule has 0 spiro atoms. The van der Waals surface area contributed by atoms with Crippen molar-refractivity contribution in [2.45, 2.75) is 6.42 Å². The molecule has 0 unspecified atom stereocenters. The molecule has 0 aliphatic carbocycles. The molecule has 1 N–H and O–H groups in total. The zero-order valence-corrected chi connectivity index (χ0v) is 12.7. The van der Waals surface area contributed by atoms with E-state index in [0.717, 1.165) is 11.1 Å². The fourth-order valence-corrected chi connectivity index (χ4v) is 4.24. The largest absolute Gasteiger partial charge is 0.310 e. The number of pyridine rings is 1. The summed E-state index contributed by atoms with van der Waals surface area (Å²) in [5.74, 6) is -0.289. The van der Waals surface area contributed by atoms with Crippen molar-refractivity contribution in [2.75, 3.05) is 16.8 Å². The number of aromatic nitrogens is 1. The van der Waals surface area contributed by atoms with E-state index < -0.39 is 15.8 Å². The highest BCUT2D eigenvalue weighted by molar-refractivity contribution is 7.91. The summed E-state index contributed by atoms with van der Waals surface area (Å²) in [6.07, 6.45) is 2.08. The summed E-state index contributed by atoms with van der Waals surface area (Å²) in [5, 5.41) is 2.69. The van der Waals surface area contributed by atoms with Crippen LogP contribution in [0.25, 0.3) is 11.1 Å². The fraction of sp³-hybridized carbons (Fsp3) is 0.250. The van der Waals surface area contributed by atoms with Crippen molar-refractivity contribution < 1.29 is 13.2 Å². The summed E-state index contributed by atoms with van der Waals surface area (Å²) in [5.41, 5.74) is 2.01. The fourth-order valence-electron chi connectivity index (χ4n) is 2.50. The van der Waals surface area contributed by atoms with Crippen LogP contribution in [0.15, 0.2) is 48.7 Å². The lowest BCUT2D eigenvalue weighted by Gasteiger charge is -2.09. The molecule has 0 bridgehead atoms. The standard InChI is InChI=1S/C16H16N2O3S/c19-16(14-8-9-22(20,21)11-14)18-15-7-6-13(10-17-15)12-4-2-1-3-5-12/h1-7,10,14H,8-9,11H2,(H,17,18,19)/t14-/m0/s1. The Balaban J connectivity index is 1.68. The smallest absolute Gasteiger partial charge is 0.229 e. The Morgan fingerprint density at radius 2 is 1.86 bits per heavy atom. The number of sulfone groups is 1. The van der Waals surface area contributed by atoms with Gasteiger partial charge in [-0.2, -0.15) is 0 Å². The average molecular weight is 316 g/mol. The molecule has 0 radical (unpaired) electrons. The lowest BCUT2D eigenvalue weighted by Crippen LogP contribution is -2.24. The molecule has 1 saturated heterocycles. The molecular formula is C16H16N2O3S. The molecule has 1 aromatic carbocycles. The Kier molecular flexibility index (Phi) is 3.94. The highest BCUT2D eigenvalue weighted by atomic mass is 32.2. The minimum atomic E-state index is -3.06. The van der Waals surface area contributed by atoms with Crippen molar-refractivity contribution in [1.29, 1.82) is 0 Å². The molecule has 5 nitrogen and oxygen atoms in total. The van der Waals surface area contributed by atoms with Crippen molar-refractivity contribution >= 4 is 21.6 Å². The highest BCUT2D eigenvalue weighted by Crippen LogP contribution is 2.22. The zero-order chi connectivity index (χ0) is 15.6. The second-order valence-electron chi connectivity index (χ2n) is 5.39. The first-order chi connectivity index (χ1) is 10.5. The van der Waals surface area contributed by atoms with Crippen LogP contribution >= 0.6 is 0 Å². The van der Waals surface area contributed by atoms with Gasteiger partial charge in [-0.1, -0.05) is 30.3 Å². The number of carbonyl (C=O) groups is 1. The van der Waals surface area contributed by atoms with Crippen LogP contribution in [0.4, 0.5) is 5.82 Å². The van der Waals surface area contributed by atoms with Gasteiger partial charge >= 0.3 is 0 Å². The SMILES string of the molecule is O=C(Nc1ccc(-c2ccccc2)cn1)[C@H]1CCS(=O)(=O)C1. The van der Waals surface area contributed by atoms with Crippen molar-refractivity contribution in [3.63, 3.8) is 0 Å². The number of carbonyl (C=O) groups excluding carboxylic acids is 1. The van der Waals surface area contributed by atoms with E-state index in [4.69, 9.17) is 0 Å². The van der Waals surface area contributed by atoms with Gasteiger partial charge in [-0.25, -0.2) is 13.4 Å². The summed E-state index contributed by atoms with van der Waals surface area (Å²) >= 11 is 0. The average Bonchev–Trinajstić information content (AvgIpc) is 2.89. The Morgan fingerprint density at radius 1 is 1.09 bits per heavy atom. The van der Waals surface area contributed by atoms with Crippen LogP contribution in [0.5, 0.6) is 0 Å². The monoisotopic (exact) mass is 316 g/mol. The van der Waals surface area contributed by atoms with Crippen LogP contribution in [0.3, 0.4) is 0 Å². The van der Waals surface area contributed by atoms with Gasteiger partial charge in [0.25, 0.3) is 0 Å². The number of amides is 1. The predicted molar refractivity (Wildman–Crippen MR) is 85.1 cm³/mol. The third kappa shape index (κ3) is 3.33. The summed E-state index contributed by atoms with van der Waals surface area (Å²) in [6, 6.07) is 13.4. The first-order valence-corrected chi connectivity index (χ1v) is 8.88. The second-order valence-corrected chi connectivity index (χ2v) is 7.62. The van der Waals surface area contributed by atoms with E-state index in [1.54, 1.807) is 12.3 Å². The number of nitrogens with one attached hydrogen (secondary N) is 1. The van der Waals surface area contributed by atoms with E-state index in [-0.39, 0.29) is 17.4 Å². The molecular weight excluding hydrogens is 300 g/mol. The molecule has 3 rings (SSSR count). The van der Waals surface area contributed by atoms with Crippen molar-refractivity contribution in [3.8, 4) is 11.1 Å². The van der Waals surface area contributed by atoms with Crippen molar-refractivity contribution in [2.24, 2.45) is 5.92 Å². The maximum absolute atomic E-state index is 12.0. The van der Waals surface area contributed by atoms with Crippen LogP contribution in [0.2, 0.25) is 0 Å². The first kappa shape index (κ1) is 14.7. The Labute approximate surface area is 129 Å². The topological polar surface area (TPSA) is 76.1 Å². The zero-order valence-electron chi connectivity index (χ0n) is 11.9. The van der Waals surface area contributed by atoms with E-state index in [1.807, 2.05) is 36.4 Å². The lowest BCUT2D eigenvalue weighted by atomic mass is 10.1. The van der Waals surface area contributed by atoms with Crippen LogP contribution in [0.1, 0.15) is 6.42 Å². The molecule has 22 heavy (non-hydrogen) atoms. The maximum Gasteiger partial charge on any atom is 0.229 e. The van der Waals surface area contributed by atoms with Gasteiger partial charge in [-0.15, -0.1) is 0 Å². The van der Waals surface area contributed by atoms with Gasteiger partial charge in [0, 0.05) is 11.8 Å². The molecule has 1 aromatic heterocycles. The predicted octanol–water partition coefficient (Wildman–Crippen LogP) is 2.12. The van der Waals surface area contributed by atoms with E-state index in [2.05, 4.69) is 10.3 Å². The molecule has 2 aromatic rings. The quantitative estimate of drug-likeness (QED) is 0.941. The third-order valence-corrected chi connectivity index (χ3v) is 5.49. The van der Waals surface area contributed by atoms with Crippen LogP contribution in [0, 0.1) is 5.92 Å². The van der Waals surface area contributed by atoms with Crippen molar-refractivity contribution in [3.05, 3.63) is 48.7 Å². The molecule has 6 heteroatoms. The number of anilines is 1. The van der Waals surface area contributed by atoms with Gasteiger partial charge < -0.3 is 5.32 Å². The number of hydrogen-bond acceptors (Lipinski definition) is 4. The van der Waals surface area contributed by atoms with Gasteiger partial charge in [0.1, 0.15) is 5.82 Å². The lowest BCUT2D eigenvalue weighted by molar-refractivity contribution is -0.119. The molecule has 114 valence electrons. The number of benzene rings is 1. The summed E-state index contributed by atoms with van der Waals surface area (Å²) in [7, 11) is -3.06. The molecule has 1 atom stereocenters. The Morgan fingerprint density at radius 3 is 2.45 bits per heavy atom. The summed E-state index contributed by atoms with van der Waals surface area (Å²) in [4.78, 5) is 16.3. The van der Waals surface area contributed by atoms with Crippen LogP contribution < -0.4 is 5.32 Å². The van der Waals surface area contributed by atoms with Gasteiger partial charge in [-0.05, 0) is 24.1 Å². The van der Waals surface area contributed by atoms with Gasteiger partial charge in [-0.3, -0.25) is 4.79 Å². The number of hydrogen-bond donors (Lipinski definition) is 1. The first-order valence-electron chi connectivity index (χ1n) is 7.06. The molecule has 1 fully saturated rings. The van der Waals surface area contributed by atoms with Crippen molar-refractivity contribution in [1.82, 2.24) is 4.98 Å². The minimum Gasteiger partial charge on any atom is -0.310 e. The van der Waals surface area contributed by atoms with Gasteiger partial charge in [0.2, 0.25) is 5.91 Å². The van der Waals surface area contributed by atoms with Crippen LogP contribution in [-0.2, 0) is 14.6 Å². The van der Waals surface area contributed by atoms with E-state index in [1.165, 1.54) is 0 Å². The number of nitrogens with zero attached hydrogens (tertiary/aromatic N) is 1. The molecule has 0 saturated carbocycles. The van der Waals surface area contributed by atoms with Gasteiger partial charge in [0.15, 0.2) is 9.84 Å². The minimum absolute atomic E-state index is 0.0685. The molecule has 1 aliphatic heterocycles. The Hall–Kier alpha value is -2.21. The highest BCUT2D eigenvalue weighted by Gasteiger charge is 2.33. The second kappa shape index (κ2) is 5.88. The molecule has 2 heterocycles. The third-order valence-electron chi connectivity index (χ3n) is 3.73. The maximum atomic E-state index is 12.0. The molecule has 1 aliphatic rings. The number of rotatable bonds is 3. The summed E-state index contributed by atoms with van der Waals surface area (Å²) < 4.78 is 22.8. The van der Waals surface area contributed by atoms with E-state index >= 15 is 0 Å². The molecule has 1 amide bonds. The normalized spacial score (nSPS) is 19.7. The van der Waals surface area contributed by atoms with Gasteiger partial charge in [0.05, 0.1) is 17.4 Å². The summed E-state index contributed by atoms with van der Waals surface area (Å²) in [6.45, 7) is 0. The van der Waals surface area contributed by atoms with E-state index in [0.29, 0.717) is 12.2 Å².